The normalized spacial score (nSPS) is 10.7. The molecular weight excluding hydrogens is 314 g/mol. The van der Waals surface area contributed by atoms with Crippen molar-refractivity contribution in [3.63, 3.8) is 0 Å². The Morgan fingerprint density at radius 3 is 2.44 bits per heavy atom. The van der Waals surface area contributed by atoms with Gasteiger partial charge in [0.2, 0.25) is 0 Å². The highest BCUT2D eigenvalue weighted by molar-refractivity contribution is 9.10. The number of hydrogen-bond donors (Lipinski definition) is 0. The van der Waals surface area contributed by atoms with E-state index in [1.54, 1.807) is 0 Å². The standard InChI is InChI=1S/C14H13BrClNO/c1-9-7-13(14(18)8-16)10(2)17(9)12-5-3-11(15)4-6-12/h3-7H,8H2,1-2H3. The molecular formula is C14H13BrClNO. The maximum absolute atomic E-state index is 11.7. The van der Waals surface area contributed by atoms with Crippen LogP contribution in [0, 0.1) is 13.8 Å². The van der Waals surface area contributed by atoms with Crippen molar-refractivity contribution in [3.05, 3.63) is 51.8 Å². The number of aryl methyl sites for hydroxylation is 1. The van der Waals surface area contributed by atoms with Gasteiger partial charge in [0.05, 0.1) is 5.88 Å². The Hall–Kier alpha value is -1.06. The van der Waals surface area contributed by atoms with E-state index >= 15 is 0 Å². The zero-order chi connectivity index (χ0) is 13.3. The second kappa shape index (κ2) is 5.29. The van der Waals surface area contributed by atoms with E-state index in [0.29, 0.717) is 5.56 Å². The lowest BCUT2D eigenvalue weighted by molar-refractivity contribution is 0.102. The third-order valence-electron chi connectivity index (χ3n) is 2.94. The summed E-state index contributed by atoms with van der Waals surface area (Å²) in [4.78, 5) is 11.7. The number of alkyl halides is 1. The molecule has 0 bridgehead atoms. The van der Waals surface area contributed by atoms with Gasteiger partial charge in [0, 0.05) is 27.1 Å². The largest absolute Gasteiger partial charge is 0.318 e. The minimum Gasteiger partial charge on any atom is -0.318 e. The van der Waals surface area contributed by atoms with Crippen LogP contribution in [0.2, 0.25) is 0 Å². The van der Waals surface area contributed by atoms with Crippen LogP contribution >= 0.6 is 27.5 Å². The highest BCUT2D eigenvalue weighted by Gasteiger charge is 2.15. The van der Waals surface area contributed by atoms with Crippen molar-refractivity contribution in [1.29, 1.82) is 0 Å². The zero-order valence-corrected chi connectivity index (χ0v) is 12.5. The first kappa shape index (κ1) is 13.4. The summed E-state index contributed by atoms with van der Waals surface area (Å²) in [6, 6.07) is 9.88. The first-order valence-electron chi connectivity index (χ1n) is 5.58. The molecule has 0 saturated heterocycles. The Balaban J connectivity index is 2.55. The van der Waals surface area contributed by atoms with Gasteiger partial charge >= 0.3 is 0 Å². The first-order chi connectivity index (χ1) is 8.54. The molecule has 0 saturated carbocycles. The number of benzene rings is 1. The highest BCUT2D eigenvalue weighted by atomic mass is 79.9. The number of halogens is 2. The molecule has 0 unspecified atom stereocenters. The van der Waals surface area contributed by atoms with Gasteiger partial charge in [-0.1, -0.05) is 15.9 Å². The van der Waals surface area contributed by atoms with E-state index in [0.717, 1.165) is 21.5 Å². The fraction of sp³-hybridized carbons (Fsp3) is 0.214. The Bertz CT molecular complexity index is 587. The van der Waals surface area contributed by atoms with Crippen LogP contribution in [0.25, 0.3) is 5.69 Å². The van der Waals surface area contributed by atoms with Crippen LogP contribution in [0.5, 0.6) is 0 Å². The maximum Gasteiger partial charge on any atom is 0.179 e. The van der Waals surface area contributed by atoms with Crippen LogP contribution in [-0.4, -0.2) is 16.2 Å². The van der Waals surface area contributed by atoms with Crippen LogP contribution in [0.4, 0.5) is 0 Å². The van der Waals surface area contributed by atoms with E-state index in [9.17, 15) is 4.79 Å². The molecule has 0 radical (unpaired) electrons. The Kier molecular flexibility index (Phi) is 3.93. The Morgan fingerprint density at radius 1 is 1.28 bits per heavy atom. The van der Waals surface area contributed by atoms with Crippen molar-refractivity contribution in [1.82, 2.24) is 4.57 Å². The topological polar surface area (TPSA) is 22.0 Å². The van der Waals surface area contributed by atoms with Crippen LogP contribution < -0.4 is 0 Å². The van der Waals surface area contributed by atoms with Crippen molar-refractivity contribution < 1.29 is 4.79 Å². The molecule has 0 aliphatic carbocycles. The fourth-order valence-corrected chi connectivity index (χ4v) is 2.51. The average Bonchev–Trinajstić information content (AvgIpc) is 2.65. The second-order valence-electron chi connectivity index (χ2n) is 4.15. The lowest BCUT2D eigenvalue weighted by Crippen LogP contribution is -2.04. The van der Waals surface area contributed by atoms with Crippen LogP contribution in [0.1, 0.15) is 21.7 Å². The van der Waals surface area contributed by atoms with E-state index in [1.165, 1.54) is 0 Å². The molecule has 0 aliphatic rings. The van der Waals surface area contributed by atoms with Crippen LogP contribution in [-0.2, 0) is 0 Å². The molecule has 1 aromatic carbocycles. The monoisotopic (exact) mass is 325 g/mol. The fourth-order valence-electron chi connectivity index (χ4n) is 2.10. The number of aromatic nitrogens is 1. The van der Waals surface area contributed by atoms with Gasteiger partial charge in [-0.3, -0.25) is 4.79 Å². The van der Waals surface area contributed by atoms with Gasteiger partial charge < -0.3 is 4.57 Å². The maximum atomic E-state index is 11.7. The molecule has 2 aromatic rings. The van der Waals surface area contributed by atoms with E-state index < -0.39 is 0 Å². The quantitative estimate of drug-likeness (QED) is 0.609. The number of carbonyl (C=O) groups excluding carboxylic acids is 1. The number of rotatable bonds is 3. The summed E-state index contributed by atoms with van der Waals surface area (Å²) in [6.07, 6.45) is 0. The van der Waals surface area contributed by atoms with Crippen LogP contribution in [0.3, 0.4) is 0 Å². The van der Waals surface area contributed by atoms with Crippen molar-refractivity contribution in [2.75, 3.05) is 5.88 Å². The van der Waals surface area contributed by atoms with E-state index in [2.05, 4.69) is 20.5 Å². The summed E-state index contributed by atoms with van der Waals surface area (Å²) >= 11 is 9.04. The van der Waals surface area contributed by atoms with Crippen molar-refractivity contribution in [2.24, 2.45) is 0 Å². The van der Waals surface area contributed by atoms with Crippen molar-refractivity contribution in [3.8, 4) is 5.69 Å². The molecule has 94 valence electrons. The van der Waals surface area contributed by atoms with Gasteiger partial charge in [-0.15, -0.1) is 11.6 Å². The molecule has 1 aromatic heterocycles. The molecule has 0 fully saturated rings. The van der Waals surface area contributed by atoms with Gasteiger partial charge in [-0.05, 0) is 44.2 Å². The summed E-state index contributed by atoms with van der Waals surface area (Å²) in [5.74, 6) is -0.0157. The van der Waals surface area contributed by atoms with E-state index in [4.69, 9.17) is 11.6 Å². The number of Topliss-reactive ketones (excluding diaryl/α,β-unsaturated/α-hetero) is 1. The summed E-state index contributed by atoms with van der Waals surface area (Å²) in [5, 5.41) is 0. The molecule has 2 rings (SSSR count). The molecule has 2 nitrogen and oxygen atoms in total. The van der Waals surface area contributed by atoms with Crippen LogP contribution in [0.15, 0.2) is 34.8 Å². The highest BCUT2D eigenvalue weighted by Crippen LogP contribution is 2.22. The molecule has 4 heteroatoms. The Labute approximate surface area is 120 Å². The molecule has 18 heavy (non-hydrogen) atoms. The summed E-state index contributed by atoms with van der Waals surface area (Å²) in [6.45, 7) is 3.93. The first-order valence-corrected chi connectivity index (χ1v) is 6.91. The third-order valence-corrected chi connectivity index (χ3v) is 3.71. The summed E-state index contributed by atoms with van der Waals surface area (Å²) in [7, 11) is 0. The van der Waals surface area contributed by atoms with Crippen molar-refractivity contribution in [2.45, 2.75) is 13.8 Å². The molecule has 0 spiro atoms. The SMILES string of the molecule is Cc1cc(C(=O)CCl)c(C)n1-c1ccc(Br)cc1. The molecule has 0 N–H and O–H groups in total. The molecule has 0 amide bonds. The number of carbonyl (C=O) groups is 1. The number of nitrogens with zero attached hydrogens (tertiary/aromatic N) is 1. The minimum absolute atomic E-state index is 0.0185. The second-order valence-corrected chi connectivity index (χ2v) is 5.34. The third kappa shape index (κ3) is 2.38. The smallest absolute Gasteiger partial charge is 0.179 e. The van der Waals surface area contributed by atoms with E-state index in [-0.39, 0.29) is 11.7 Å². The lowest BCUT2D eigenvalue weighted by atomic mass is 10.2. The number of ketones is 1. The van der Waals surface area contributed by atoms with Gasteiger partial charge in [0.25, 0.3) is 0 Å². The molecule has 1 heterocycles. The predicted octanol–water partition coefficient (Wildman–Crippen LogP) is 4.28. The minimum atomic E-state index is -0.0341. The average molecular weight is 327 g/mol. The zero-order valence-electron chi connectivity index (χ0n) is 10.2. The van der Waals surface area contributed by atoms with Gasteiger partial charge in [-0.2, -0.15) is 0 Å². The van der Waals surface area contributed by atoms with Gasteiger partial charge in [-0.25, -0.2) is 0 Å². The molecule has 0 atom stereocenters. The Morgan fingerprint density at radius 2 is 1.89 bits per heavy atom. The predicted molar refractivity (Wildman–Crippen MR) is 78.0 cm³/mol. The van der Waals surface area contributed by atoms with Crippen molar-refractivity contribution >= 4 is 33.3 Å². The van der Waals surface area contributed by atoms with Gasteiger partial charge in [0.1, 0.15) is 0 Å². The summed E-state index contributed by atoms with van der Waals surface area (Å²) in [5.41, 5.74) is 3.70. The number of hydrogen-bond acceptors (Lipinski definition) is 1. The van der Waals surface area contributed by atoms with Gasteiger partial charge in [0.15, 0.2) is 5.78 Å². The summed E-state index contributed by atoms with van der Waals surface area (Å²) < 4.78 is 3.09. The molecule has 0 aliphatic heterocycles. The van der Waals surface area contributed by atoms with E-state index in [1.807, 2.05) is 44.2 Å². The lowest BCUT2D eigenvalue weighted by Gasteiger charge is -2.09.